The first kappa shape index (κ1) is 12.8. The van der Waals surface area contributed by atoms with Gasteiger partial charge in [-0.05, 0) is 39.2 Å². The number of fused-ring (bicyclic) bond motifs is 1. The van der Waals surface area contributed by atoms with Gasteiger partial charge in [0.15, 0.2) is 0 Å². The summed E-state index contributed by atoms with van der Waals surface area (Å²) in [5, 5.41) is 8.64. The Morgan fingerprint density at radius 2 is 2.16 bits per heavy atom. The Morgan fingerprint density at radius 1 is 1.26 bits per heavy atom. The third-order valence-electron chi connectivity index (χ3n) is 4.38. The Labute approximate surface area is 114 Å². The highest BCUT2D eigenvalue weighted by molar-refractivity contribution is 5.78. The quantitative estimate of drug-likeness (QED) is 0.826. The van der Waals surface area contributed by atoms with Gasteiger partial charge in [-0.1, -0.05) is 0 Å². The molecular formula is C14H22N4O. The second-order valence-corrected chi connectivity index (χ2v) is 5.83. The Balaban J connectivity index is 1.68. The average molecular weight is 262 g/mol. The van der Waals surface area contributed by atoms with Crippen molar-refractivity contribution in [1.29, 1.82) is 0 Å². The van der Waals surface area contributed by atoms with Crippen LogP contribution in [0, 0.1) is 5.92 Å². The Kier molecular flexibility index (Phi) is 3.64. The highest BCUT2D eigenvalue weighted by atomic mass is 16.1. The summed E-state index contributed by atoms with van der Waals surface area (Å²) in [6, 6.07) is 0. The number of likely N-dealkylation sites (tertiary alicyclic amines) is 1. The predicted octanol–water partition coefficient (Wildman–Crippen LogP) is 1.42. The molecule has 2 aliphatic rings. The number of rotatable bonds is 3. The summed E-state index contributed by atoms with van der Waals surface area (Å²) in [6.45, 7) is 5.58. The summed E-state index contributed by atoms with van der Waals surface area (Å²) in [7, 11) is 0. The molecule has 0 aromatic carbocycles. The maximum absolute atomic E-state index is 11.5. The van der Waals surface area contributed by atoms with E-state index in [9.17, 15) is 4.79 Å². The van der Waals surface area contributed by atoms with E-state index < -0.39 is 0 Å². The van der Waals surface area contributed by atoms with E-state index in [0.29, 0.717) is 5.78 Å². The largest absolute Gasteiger partial charge is 0.314 e. The fourth-order valence-electron chi connectivity index (χ4n) is 3.22. The molecule has 1 aromatic heterocycles. The van der Waals surface area contributed by atoms with E-state index in [2.05, 4.69) is 19.7 Å². The molecule has 0 N–H and O–H groups in total. The number of carbonyl (C=O) groups excluding carboxylic acids is 1. The molecule has 1 aromatic rings. The summed E-state index contributed by atoms with van der Waals surface area (Å²) < 4.78 is 2.28. The van der Waals surface area contributed by atoms with Gasteiger partial charge in [-0.15, -0.1) is 10.2 Å². The third kappa shape index (κ3) is 2.71. The van der Waals surface area contributed by atoms with Crippen LogP contribution in [0.25, 0.3) is 0 Å². The molecule has 0 bridgehead atoms. The molecule has 3 heterocycles. The number of aromatic nitrogens is 3. The van der Waals surface area contributed by atoms with Gasteiger partial charge in [0.1, 0.15) is 17.4 Å². The minimum Gasteiger partial charge on any atom is -0.314 e. The molecule has 1 atom stereocenters. The van der Waals surface area contributed by atoms with Gasteiger partial charge in [0.05, 0.1) is 6.54 Å². The highest BCUT2D eigenvalue weighted by Crippen LogP contribution is 2.20. The first-order valence-corrected chi connectivity index (χ1v) is 7.38. The predicted molar refractivity (Wildman–Crippen MR) is 71.6 cm³/mol. The van der Waals surface area contributed by atoms with Crippen molar-refractivity contribution >= 4 is 5.78 Å². The zero-order valence-electron chi connectivity index (χ0n) is 11.6. The molecule has 5 nitrogen and oxygen atoms in total. The minimum atomic E-state index is 0.220. The van der Waals surface area contributed by atoms with Crippen LogP contribution in [-0.4, -0.2) is 38.5 Å². The SMILES string of the molecule is CC(=O)C1CCCN(Cc2nnc3n2CCCC3)C1. The molecule has 0 spiro atoms. The fourth-order valence-corrected chi connectivity index (χ4v) is 3.22. The number of hydrogen-bond acceptors (Lipinski definition) is 4. The van der Waals surface area contributed by atoms with E-state index in [0.717, 1.165) is 57.1 Å². The van der Waals surface area contributed by atoms with Gasteiger partial charge in [-0.3, -0.25) is 9.69 Å². The topological polar surface area (TPSA) is 51.0 Å². The molecule has 1 unspecified atom stereocenters. The van der Waals surface area contributed by atoms with Crippen molar-refractivity contribution in [2.45, 2.75) is 52.1 Å². The van der Waals surface area contributed by atoms with E-state index >= 15 is 0 Å². The van der Waals surface area contributed by atoms with Crippen molar-refractivity contribution in [3.63, 3.8) is 0 Å². The summed E-state index contributed by atoms with van der Waals surface area (Å²) in [5.74, 6) is 2.77. The smallest absolute Gasteiger partial charge is 0.147 e. The van der Waals surface area contributed by atoms with Gasteiger partial charge in [0, 0.05) is 25.4 Å². The lowest BCUT2D eigenvalue weighted by atomic mass is 9.94. The van der Waals surface area contributed by atoms with Gasteiger partial charge in [-0.25, -0.2) is 0 Å². The average Bonchev–Trinajstić information content (AvgIpc) is 2.83. The molecule has 3 rings (SSSR count). The number of carbonyl (C=O) groups is 1. The first-order chi connectivity index (χ1) is 9.24. The molecule has 5 heteroatoms. The molecule has 19 heavy (non-hydrogen) atoms. The normalized spacial score (nSPS) is 24.2. The Hall–Kier alpha value is -1.23. The molecule has 104 valence electrons. The molecule has 1 saturated heterocycles. The van der Waals surface area contributed by atoms with Crippen LogP contribution in [0.5, 0.6) is 0 Å². The number of hydrogen-bond donors (Lipinski definition) is 0. The number of aryl methyl sites for hydroxylation is 1. The number of nitrogens with zero attached hydrogens (tertiary/aromatic N) is 4. The summed E-state index contributed by atoms with van der Waals surface area (Å²) in [5.41, 5.74) is 0. The second kappa shape index (κ2) is 5.41. The van der Waals surface area contributed by atoms with Gasteiger partial charge in [-0.2, -0.15) is 0 Å². The van der Waals surface area contributed by atoms with Crippen molar-refractivity contribution in [2.75, 3.05) is 13.1 Å². The molecule has 2 aliphatic heterocycles. The molecule has 0 amide bonds. The van der Waals surface area contributed by atoms with Crippen LogP contribution in [0.2, 0.25) is 0 Å². The van der Waals surface area contributed by atoms with E-state index in [-0.39, 0.29) is 5.92 Å². The van der Waals surface area contributed by atoms with Crippen molar-refractivity contribution < 1.29 is 4.79 Å². The Morgan fingerprint density at radius 3 is 3.00 bits per heavy atom. The molecule has 1 fully saturated rings. The second-order valence-electron chi connectivity index (χ2n) is 5.83. The van der Waals surface area contributed by atoms with Crippen LogP contribution >= 0.6 is 0 Å². The lowest BCUT2D eigenvalue weighted by Gasteiger charge is -2.31. The lowest BCUT2D eigenvalue weighted by Crippen LogP contribution is -2.38. The van der Waals surface area contributed by atoms with Crippen LogP contribution in [0.1, 0.15) is 44.3 Å². The monoisotopic (exact) mass is 262 g/mol. The van der Waals surface area contributed by atoms with Crippen LogP contribution < -0.4 is 0 Å². The van der Waals surface area contributed by atoms with Gasteiger partial charge >= 0.3 is 0 Å². The van der Waals surface area contributed by atoms with Crippen LogP contribution in [0.3, 0.4) is 0 Å². The maximum atomic E-state index is 11.5. The van der Waals surface area contributed by atoms with Gasteiger partial charge in [0.2, 0.25) is 0 Å². The standard InChI is InChI=1S/C14H22N4O/c1-11(19)12-5-4-7-17(9-12)10-14-16-15-13-6-2-3-8-18(13)14/h12H,2-10H2,1H3. The molecular weight excluding hydrogens is 240 g/mol. The first-order valence-electron chi connectivity index (χ1n) is 7.38. The van der Waals surface area contributed by atoms with E-state index in [4.69, 9.17) is 0 Å². The van der Waals surface area contributed by atoms with E-state index in [1.165, 1.54) is 12.8 Å². The fraction of sp³-hybridized carbons (Fsp3) is 0.786. The summed E-state index contributed by atoms with van der Waals surface area (Å²) in [6.07, 6.45) is 5.68. The number of piperidine rings is 1. The third-order valence-corrected chi connectivity index (χ3v) is 4.38. The Bertz CT molecular complexity index is 468. The summed E-state index contributed by atoms with van der Waals surface area (Å²) in [4.78, 5) is 13.9. The maximum Gasteiger partial charge on any atom is 0.147 e. The van der Waals surface area contributed by atoms with E-state index in [1.807, 2.05) is 0 Å². The molecule has 0 radical (unpaired) electrons. The van der Waals surface area contributed by atoms with Gasteiger partial charge in [0.25, 0.3) is 0 Å². The summed E-state index contributed by atoms with van der Waals surface area (Å²) >= 11 is 0. The van der Waals surface area contributed by atoms with Gasteiger partial charge < -0.3 is 4.57 Å². The number of Topliss-reactive ketones (excluding diaryl/α,β-unsaturated/α-hetero) is 1. The minimum absolute atomic E-state index is 0.220. The zero-order chi connectivity index (χ0) is 13.2. The highest BCUT2D eigenvalue weighted by Gasteiger charge is 2.25. The zero-order valence-corrected chi connectivity index (χ0v) is 11.6. The van der Waals surface area contributed by atoms with Crippen LogP contribution in [0.4, 0.5) is 0 Å². The number of ketones is 1. The van der Waals surface area contributed by atoms with Crippen LogP contribution in [-0.2, 0) is 24.3 Å². The van der Waals surface area contributed by atoms with Crippen molar-refractivity contribution in [3.8, 4) is 0 Å². The van der Waals surface area contributed by atoms with Crippen molar-refractivity contribution in [1.82, 2.24) is 19.7 Å². The van der Waals surface area contributed by atoms with Crippen LogP contribution in [0.15, 0.2) is 0 Å². The molecule has 0 saturated carbocycles. The lowest BCUT2D eigenvalue weighted by molar-refractivity contribution is -0.122. The van der Waals surface area contributed by atoms with E-state index in [1.54, 1.807) is 6.92 Å². The molecule has 0 aliphatic carbocycles. The van der Waals surface area contributed by atoms with Crippen molar-refractivity contribution in [2.24, 2.45) is 5.92 Å². The van der Waals surface area contributed by atoms with Crippen molar-refractivity contribution in [3.05, 3.63) is 11.6 Å².